The minimum absolute atomic E-state index is 0.0829. The molecule has 2 aromatic rings. The molecule has 0 aliphatic heterocycles. The number of hydrogen-bond acceptors (Lipinski definition) is 3. The van der Waals surface area contributed by atoms with Crippen LogP contribution in [0.15, 0.2) is 48.5 Å². The van der Waals surface area contributed by atoms with Crippen molar-refractivity contribution in [1.82, 2.24) is 0 Å². The Labute approximate surface area is 176 Å². The molecule has 3 unspecified atom stereocenters. The molecule has 5 heteroatoms. The molecule has 0 amide bonds. The lowest BCUT2D eigenvalue weighted by molar-refractivity contribution is -0.159. The van der Waals surface area contributed by atoms with Gasteiger partial charge in [0.05, 0.1) is 5.41 Å². The zero-order chi connectivity index (χ0) is 21.3. The van der Waals surface area contributed by atoms with E-state index in [9.17, 15) is 19.8 Å². The summed E-state index contributed by atoms with van der Waals surface area (Å²) < 4.78 is 5.98. The molecule has 30 heavy (non-hydrogen) atoms. The Kier molecular flexibility index (Phi) is 5.54. The van der Waals surface area contributed by atoms with E-state index in [1.54, 1.807) is 6.92 Å². The third-order valence-electron chi connectivity index (χ3n) is 7.22. The summed E-state index contributed by atoms with van der Waals surface area (Å²) in [5, 5.41) is 19.3. The first kappa shape index (κ1) is 20.5. The first-order valence-electron chi connectivity index (χ1n) is 10.6. The maximum absolute atomic E-state index is 12.0. The molecule has 5 nitrogen and oxygen atoms in total. The smallest absolute Gasteiger partial charge is 0.309 e. The largest absolute Gasteiger partial charge is 0.489 e. The summed E-state index contributed by atoms with van der Waals surface area (Å²) in [7, 11) is 0. The molecular formula is C25H28O5. The van der Waals surface area contributed by atoms with Gasteiger partial charge in [-0.3, -0.25) is 9.59 Å². The number of carboxylic acids is 2. The predicted molar refractivity (Wildman–Crippen MR) is 112 cm³/mol. The summed E-state index contributed by atoms with van der Waals surface area (Å²) in [5.41, 5.74) is 2.62. The molecule has 2 aliphatic rings. The van der Waals surface area contributed by atoms with Crippen molar-refractivity contribution in [2.75, 3.05) is 0 Å². The van der Waals surface area contributed by atoms with Crippen molar-refractivity contribution in [3.63, 3.8) is 0 Å². The monoisotopic (exact) mass is 408 g/mol. The fourth-order valence-electron chi connectivity index (χ4n) is 5.54. The highest BCUT2D eigenvalue weighted by molar-refractivity contribution is 5.77. The van der Waals surface area contributed by atoms with Crippen LogP contribution in [-0.4, -0.2) is 22.2 Å². The van der Waals surface area contributed by atoms with Gasteiger partial charge in [0, 0.05) is 6.42 Å². The van der Waals surface area contributed by atoms with Crippen molar-refractivity contribution in [2.45, 2.75) is 51.6 Å². The summed E-state index contributed by atoms with van der Waals surface area (Å²) in [4.78, 5) is 23.5. The molecule has 0 spiro atoms. The Morgan fingerprint density at radius 3 is 2.57 bits per heavy atom. The first-order chi connectivity index (χ1) is 14.4. The topological polar surface area (TPSA) is 83.8 Å². The van der Waals surface area contributed by atoms with Crippen LogP contribution in [0.2, 0.25) is 0 Å². The van der Waals surface area contributed by atoms with Gasteiger partial charge in [-0.05, 0) is 79.2 Å². The fraction of sp³-hybridized carbons (Fsp3) is 0.440. The molecule has 0 radical (unpaired) electrons. The molecule has 1 fully saturated rings. The van der Waals surface area contributed by atoms with Crippen LogP contribution in [-0.2, 0) is 22.6 Å². The number of rotatable bonds is 6. The number of fused-ring (bicyclic) bond motifs is 3. The Morgan fingerprint density at radius 1 is 1.10 bits per heavy atom. The molecule has 4 atom stereocenters. The van der Waals surface area contributed by atoms with E-state index < -0.39 is 17.4 Å². The summed E-state index contributed by atoms with van der Waals surface area (Å²) in [6, 6.07) is 16.2. The van der Waals surface area contributed by atoms with E-state index in [2.05, 4.69) is 12.1 Å². The van der Waals surface area contributed by atoms with E-state index >= 15 is 0 Å². The van der Waals surface area contributed by atoms with Gasteiger partial charge in [0.15, 0.2) is 0 Å². The summed E-state index contributed by atoms with van der Waals surface area (Å²) >= 11 is 0. The van der Waals surface area contributed by atoms with Crippen LogP contribution in [0.5, 0.6) is 5.75 Å². The van der Waals surface area contributed by atoms with E-state index in [0.717, 1.165) is 30.6 Å². The zero-order valence-corrected chi connectivity index (χ0v) is 17.2. The molecule has 158 valence electrons. The minimum atomic E-state index is -0.976. The molecule has 4 rings (SSSR count). The number of ether oxygens (including phenoxy) is 1. The van der Waals surface area contributed by atoms with Crippen molar-refractivity contribution in [3.05, 3.63) is 65.2 Å². The van der Waals surface area contributed by atoms with Gasteiger partial charge in [0.2, 0.25) is 0 Å². The van der Waals surface area contributed by atoms with E-state index in [0.29, 0.717) is 13.0 Å². The van der Waals surface area contributed by atoms with Gasteiger partial charge in [-0.1, -0.05) is 36.4 Å². The SMILES string of the molecule is C[C@]1(C(=O)O)CCC2c3ccc(OCc4ccccc4)cc3CCC2C1CC(=O)O. The van der Waals surface area contributed by atoms with Crippen LogP contribution >= 0.6 is 0 Å². The van der Waals surface area contributed by atoms with Crippen LogP contribution < -0.4 is 4.74 Å². The number of aryl methyl sites for hydroxylation is 1. The lowest BCUT2D eigenvalue weighted by Crippen LogP contribution is -2.47. The molecule has 0 heterocycles. The van der Waals surface area contributed by atoms with Gasteiger partial charge >= 0.3 is 11.9 Å². The number of aliphatic carboxylic acids is 2. The van der Waals surface area contributed by atoms with Gasteiger partial charge in [-0.15, -0.1) is 0 Å². The third-order valence-corrected chi connectivity index (χ3v) is 7.22. The highest BCUT2D eigenvalue weighted by Crippen LogP contribution is 2.56. The van der Waals surface area contributed by atoms with E-state index in [4.69, 9.17) is 4.74 Å². The normalized spacial score (nSPS) is 27.6. The van der Waals surface area contributed by atoms with Crippen molar-refractivity contribution in [3.8, 4) is 5.75 Å². The van der Waals surface area contributed by atoms with Crippen LogP contribution in [0.1, 0.15) is 55.2 Å². The lowest BCUT2D eigenvalue weighted by atomic mass is 9.54. The van der Waals surface area contributed by atoms with Crippen LogP contribution in [0.4, 0.5) is 0 Å². The molecule has 0 bridgehead atoms. The zero-order valence-electron chi connectivity index (χ0n) is 17.2. The fourth-order valence-corrected chi connectivity index (χ4v) is 5.54. The van der Waals surface area contributed by atoms with Gasteiger partial charge in [-0.25, -0.2) is 0 Å². The molecule has 0 aromatic heterocycles. The van der Waals surface area contributed by atoms with Gasteiger partial charge in [0.25, 0.3) is 0 Å². The quantitative estimate of drug-likeness (QED) is 0.711. The van der Waals surface area contributed by atoms with Crippen LogP contribution in [0, 0.1) is 17.3 Å². The van der Waals surface area contributed by atoms with E-state index in [1.165, 1.54) is 11.1 Å². The molecule has 0 saturated heterocycles. The summed E-state index contributed by atoms with van der Waals surface area (Å²) in [6.07, 6.45) is 2.84. The highest BCUT2D eigenvalue weighted by atomic mass is 16.5. The third kappa shape index (κ3) is 3.81. The Bertz CT molecular complexity index is 938. The maximum Gasteiger partial charge on any atom is 0.309 e. The predicted octanol–water partition coefficient (Wildman–Crippen LogP) is 4.89. The van der Waals surface area contributed by atoms with Crippen molar-refractivity contribution in [2.24, 2.45) is 17.3 Å². The number of benzene rings is 2. The molecule has 2 aromatic carbocycles. The summed E-state index contributed by atoms with van der Waals surface area (Å²) in [5.74, 6) is -1.00. The first-order valence-corrected chi connectivity index (χ1v) is 10.6. The van der Waals surface area contributed by atoms with Crippen molar-refractivity contribution >= 4 is 11.9 Å². The van der Waals surface area contributed by atoms with Crippen LogP contribution in [0.25, 0.3) is 0 Å². The minimum Gasteiger partial charge on any atom is -0.489 e. The molecule has 2 aliphatic carbocycles. The van der Waals surface area contributed by atoms with E-state index in [-0.39, 0.29) is 24.2 Å². The standard InChI is InChI=1S/C25H28O5/c1-25(24(28)29)12-11-20-19-10-8-18(30-15-16-5-3-2-4-6-16)13-17(19)7-9-21(20)22(25)14-23(26)27/h2-6,8,10,13,20-22H,7,9,11-12,14-15H2,1H3,(H,26,27)(H,28,29)/t20?,21?,22?,25-/m0/s1. The molecular weight excluding hydrogens is 380 g/mol. The molecule has 1 saturated carbocycles. The molecule has 2 N–H and O–H groups in total. The average molecular weight is 408 g/mol. The second kappa shape index (κ2) is 8.13. The lowest BCUT2D eigenvalue weighted by Gasteiger charge is -2.49. The van der Waals surface area contributed by atoms with Gasteiger partial charge in [-0.2, -0.15) is 0 Å². The Balaban J connectivity index is 1.55. The average Bonchev–Trinajstić information content (AvgIpc) is 2.74. The van der Waals surface area contributed by atoms with Crippen LogP contribution in [0.3, 0.4) is 0 Å². The van der Waals surface area contributed by atoms with E-state index in [1.807, 2.05) is 36.4 Å². The highest BCUT2D eigenvalue weighted by Gasteiger charge is 2.52. The van der Waals surface area contributed by atoms with Gasteiger partial charge in [0.1, 0.15) is 12.4 Å². The van der Waals surface area contributed by atoms with Gasteiger partial charge < -0.3 is 14.9 Å². The second-order valence-corrected chi connectivity index (χ2v) is 8.91. The summed E-state index contributed by atoms with van der Waals surface area (Å²) in [6.45, 7) is 2.25. The maximum atomic E-state index is 12.0. The van der Waals surface area contributed by atoms with Crippen molar-refractivity contribution in [1.29, 1.82) is 0 Å². The van der Waals surface area contributed by atoms with Crippen molar-refractivity contribution < 1.29 is 24.5 Å². The second-order valence-electron chi connectivity index (χ2n) is 8.91. The Hall–Kier alpha value is -2.82. The number of carbonyl (C=O) groups is 2. The Morgan fingerprint density at radius 2 is 1.87 bits per heavy atom. The number of carboxylic acid groups (broad SMARTS) is 2. The number of hydrogen-bond donors (Lipinski definition) is 2.